The van der Waals surface area contributed by atoms with Crippen LogP contribution in [0.2, 0.25) is 0 Å². The average Bonchev–Trinajstić information content (AvgIpc) is 3.28. The number of oxime groups is 1. The van der Waals surface area contributed by atoms with Crippen molar-refractivity contribution < 1.29 is 32.1 Å². The maximum Gasteiger partial charge on any atom is 0.471 e. The zero-order valence-corrected chi connectivity index (χ0v) is 17.1. The minimum atomic E-state index is -4.72. The molecule has 0 fully saturated rings. The van der Waals surface area contributed by atoms with Crippen LogP contribution in [0.25, 0.3) is 11.4 Å². The molecule has 0 saturated heterocycles. The highest BCUT2D eigenvalue weighted by Gasteiger charge is 2.38. The van der Waals surface area contributed by atoms with Crippen molar-refractivity contribution in [3.05, 3.63) is 65.5 Å². The van der Waals surface area contributed by atoms with Crippen molar-refractivity contribution in [2.75, 3.05) is 7.11 Å². The van der Waals surface area contributed by atoms with Crippen LogP contribution < -0.4 is 10.1 Å². The Morgan fingerprint density at radius 2 is 2.00 bits per heavy atom. The molecule has 0 aliphatic rings. The minimum absolute atomic E-state index is 0.224. The summed E-state index contributed by atoms with van der Waals surface area (Å²) in [4.78, 5) is 20.9. The Bertz CT molecular complexity index is 1080. The molecule has 0 radical (unpaired) electrons. The number of methoxy groups -OCH3 is 1. The molecule has 0 spiro atoms. The number of halogens is 3. The molecule has 1 atom stereocenters. The van der Waals surface area contributed by atoms with E-state index in [1.165, 1.54) is 30.5 Å². The van der Waals surface area contributed by atoms with Gasteiger partial charge in [0.2, 0.25) is 5.82 Å². The molecule has 1 heterocycles. The normalized spacial score (nSPS) is 12.5. The van der Waals surface area contributed by atoms with Gasteiger partial charge in [-0.05, 0) is 36.8 Å². The summed E-state index contributed by atoms with van der Waals surface area (Å²) in [7, 11) is 1.57. The topological polar surface area (TPSA) is 98.8 Å². The molecule has 32 heavy (non-hydrogen) atoms. The van der Waals surface area contributed by atoms with Crippen LogP contribution in [0.4, 0.5) is 13.2 Å². The number of carbonyl (C=O) groups is 1. The fraction of sp³-hybridized carbons (Fsp3) is 0.238. The van der Waals surface area contributed by atoms with Crippen molar-refractivity contribution in [2.45, 2.75) is 25.7 Å². The van der Waals surface area contributed by atoms with Gasteiger partial charge >= 0.3 is 12.1 Å². The second-order valence-electron chi connectivity index (χ2n) is 6.64. The summed E-state index contributed by atoms with van der Waals surface area (Å²) in [6, 6.07) is 12.6. The molecular weight excluding hydrogens is 429 g/mol. The first-order valence-corrected chi connectivity index (χ1v) is 9.37. The molecule has 0 saturated carbocycles. The number of carbonyl (C=O) groups excluding carboxylic acids is 1. The highest BCUT2D eigenvalue weighted by atomic mass is 19.4. The van der Waals surface area contributed by atoms with Gasteiger partial charge in [-0.3, -0.25) is 4.79 Å². The summed E-state index contributed by atoms with van der Waals surface area (Å²) in [5, 5.41) is 9.86. The molecule has 168 valence electrons. The number of ether oxygens (including phenoxy) is 1. The van der Waals surface area contributed by atoms with E-state index in [2.05, 4.69) is 25.1 Å². The van der Waals surface area contributed by atoms with Gasteiger partial charge in [-0.15, -0.1) is 0 Å². The van der Waals surface area contributed by atoms with E-state index in [1.54, 1.807) is 14.0 Å². The van der Waals surface area contributed by atoms with Gasteiger partial charge < -0.3 is 19.4 Å². The highest BCUT2D eigenvalue weighted by molar-refractivity contribution is 5.96. The molecule has 1 aromatic heterocycles. The monoisotopic (exact) mass is 448 g/mol. The molecule has 3 rings (SSSR count). The Morgan fingerprint density at radius 1 is 1.25 bits per heavy atom. The SMILES string of the molecule is COc1cccc(CON=CC(C)NC(=O)c2ccc(-c3noc(C(F)(F)F)n3)cc2)c1. The van der Waals surface area contributed by atoms with Crippen LogP contribution in [0.1, 0.15) is 28.7 Å². The zero-order chi connectivity index (χ0) is 23.1. The fourth-order valence-corrected chi connectivity index (χ4v) is 2.56. The molecule has 3 aromatic rings. The Hall–Kier alpha value is -3.89. The van der Waals surface area contributed by atoms with E-state index in [0.717, 1.165) is 5.56 Å². The Labute approximate surface area is 181 Å². The van der Waals surface area contributed by atoms with E-state index < -0.39 is 24.0 Å². The third kappa shape index (κ3) is 6.06. The van der Waals surface area contributed by atoms with Gasteiger partial charge in [0.05, 0.1) is 19.4 Å². The Balaban J connectivity index is 1.51. The van der Waals surface area contributed by atoms with Gasteiger partial charge in [-0.2, -0.15) is 18.2 Å². The van der Waals surface area contributed by atoms with Gasteiger partial charge in [-0.1, -0.05) is 34.6 Å². The van der Waals surface area contributed by atoms with E-state index in [-0.39, 0.29) is 18.0 Å². The first kappa shape index (κ1) is 22.8. The molecule has 1 unspecified atom stereocenters. The van der Waals surface area contributed by atoms with Crippen LogP contribution in [-0.2, 0) is 17.6 Å². The predicted molar refractivity (Wildman–Crippen MR) is 108 cm³/mol. The van der Waals surface area contributed by atoms with Gasteiger partial charge in [0.1, 0.15) is 12.4 Å². The van der Waals surface area contributed by atoms with Gasteiger partial charge in [0, 0.05) is 11.1 Å². The molecule has 8 nitrogen and oxygen atoms in total. The van der Waals surface area contributed by atoms with Gasteiger partial charge in [0.25, 0.3) is 5.91 Å². The smallest absolute Gasteiger partial charge is 0.471 e. The summed E-state index contributed by atoms with van der Waals surface area (Å²) in [6.45, 7) is 1.95. The van der Waals surface area contributed by atoms with Crippen LogP contribution in [0.3, 0.4) is 0 Å². The van der Waals surface area contributed by atoms with Crippen LogP contribution in [0.15, 0.2) is 58.2 Å². The lowest BCUT2D eigenvalue weighted by atomic mass is 10.1. The highest BCUT2D eigenvalue weighted by Crippen LogP contribution is 2.29. The fourth-order valence-electron chi connectivity index (χ4n) is 2.56. The van der Waals surface area contributed by atoms with E-state index in [1.807, 2.05) is 24.3 Å². The first-order chi connectivity index (χ1) is 15.3. The van der Waals surface area contributed by atoms with Gasteiger partial charge in [0.15, 0.2) is 0 Å². The number of benzene rings is 2. The third-order valence-corrected chi connectivity index (χ3v) is 4.16. The molecule has 11 heteroatoms. The van der Waals surface area contributed by atoms with E-state index in [9.17, 15) is 18.0 Å². The van der Waals surface area contributed by atoms with Crippen LogP contribution in [0.5, 0.6) is 5.75 Å². The lowest BCUT2D eigenvalue weighted by molar-refractivity contribution is -0.159. The summed E-state index contributed by atoms with van der Waals surface area (Å²) in [5.74, 6) is -1.34. The summed E-state index contributed by atoms with van der Waals surface area (Å²) in [5.41, 5.74) is 1.45. The number of rotatable bonds is 8. The number of hydrogen-bond donors (Lipinski definition) is 1. The molecule has 1 N–H and O–H groups in total. The molecule has 0 aliphatic carbocycles. The first-order valence-electron chi connectivity index (χ1n) is 9.37. The zero-order valence-electron chi connectivity index (χ0n) is 17.1. The van der Waals surface area contributed by atoms with Crippen LogP contribution in [0, 0.1) is 0 Å². The largest absolute Gasteiger partial charge is 0.497 e. The third-order valence-electron chi connectivity index (χ3n) is 4.16. The lowest BCUT2D eigenvalue weighted by Crippen LogP contribution is -2.33. The molecular formula is C21H19F3N4O4. The van der Waals surface area contributed by atoms with Crippen molar-refractivity contribution in [1.82, 2.24) is 15.5 Å². The summed E-state index contributed by atoms with van der Waals surface area (Å²) >= 11 is 0. The number of nitrogens with zero attached hydrogens (tertiary/aromatic N) is 3. The Kier molecular flexibility index (Phi) is 7.08. The lowest BCUT2D eigenvalue weighted by Gasteiger charge is -2.09. The maximum atomic E-state index is 12.6. The van der Waals surface area contributed by atoms with Gasteiger partial charge in [-0.25, -0.2) is 0 Å². The van der Waals surface area contributed by atoms with Crippen LogP contribution >= 0.6 is 0 Å². The van der Waals surface area contributed by atoms with E-state index >= 15 is 0 Å². The Morgan fingerprint density at radius 3 is 2.66 bits per heavy atom. The molecule has 0 bridgehead atoms. The molecule has 1 amide bonds. The maximum absolute atomic E-state index is 12.6. The van der Waals surface area contributed by atoms with Crippen molar-refractivity contribution in [2.24, 2.45) is 5.16 Å². The number of hydrogen-bond acceptors (Lipinski definition) is 7. The quantitative estimate of drug-likeness (QED) is 0.412. The molecule has 0 aliphatic heterocycles. The van der Waals surface area contributed by atoms with Crippen molar-refractivity contribution in [3.63, 3.8) is 0 Å². The average molecular weight is 448 g/mol. The minimum Gasteiger partial charge on any atom is -0.497 e. The predicted octanol–water partition coefficient (Wildman–Crippen LogP) is 4.08. The van der Waals surface area contributed by atoms with E-state index in [0.29, 0.717) is 11.3 Å². The number of aromatic nitrogens is 2. The second kappa shape index (κ2) is 9.94. The van der Waals surface area contributed by atoms with Crippen molar-refractivity contribution >= 4 is 12.1 Å². The van der Waals surface area contributed by atoms with E-state index in [4.69, 9.17) is 9.57 Å². The number of amides is 1. The number of nitrogens with one attached hydrogen (secondary N) is 1. The number of alkyl halides is 3. The van der Waals surface area contributed by atoms with Crippen LogP contribution in [-0.4, -0.2) is 35.4 Å². The second-order valence-corrected chi connectivity index (χ2v) is 6.64. The molecule has 2 aromatic carbocycles. The standard InChI is InChI=1S/C21H19F3N4O4/c1-13(11-25-31-12-14-4-3-5-17(10-14)30-2)26-19(29)16-8-6-15(7-9-16)18-27-20(32-28-18)21(22,23)24/h3-11,13H,12H2,1-2H3,(H,26,29). The summed E-state index contributed by atoms with van der Waals surface area (Å²) in [6.07, 6.45) is -3.29. The van der Waals surface area contributed by atoms with Crippen molar-refractivity contribution in [1.29, 1.82) is 0 Å². The summed E-state index contributed by atoms with van der Waals surface area (Å²) < 4.78 is 47.0. The van der Waals surface area contributed by atoms with Crippen molar-refractivity contribution in [3.8, 4) is 17.1 Å².